The van der Waals surface area contributed by atoms with Gasteiger partial charge in [-0.25, -0.2) is 4.98 Å². The van der Waals surface area contributed by atoms with Crippen LogP contribution in [0.1, 0.15) is 25.1 Å². The zero-order chi connectivity index (χ0) is 15.1. The van der Waals surface area contributed by atoms with Gasteiger partial charge >= 0.3 is 0 Å². The zero-order valence-electron chi connectivity index (χ0n) is 12.1. The molecule has 0 atom stereocenters. The van der Waals surface area contributed by atoms with Crippen LogP contribution in [0.4, 0.5) is 5.69 Å². The maximum atomic E-state index is 11.7. The molecular weight excluding hydrogens is 260 g/mol. The molecule has 21 heavy (non-hydrogen) atoms. The van der Waals surface area contributed by atoms with Gasteiger partial charge in [0.05, 0.1) is 0 Å². The molecule has 2 aromatic rings. The molecule has 3 nitrogen and oxygen atoms in total. The van der Waals surface area contributed by atoms with Gasteiger partial charge in [-0.2, -0.15) is 0 Å². The molecule has 0 saturated carbocycles. The largest absolute Gasteiger partial charge is 0.322 e. The molecule has 0 aliphatic carbocycles. The number of aromatic nitrogens is 1. The van der Waals surface area contributed by atoms with Crippen molar-refractivity contribution in [2.45, 2.75) is 13.8 Å². The lowest BCUT2D eigenvalue weighted by Gasteiger charge is -2.02. The van der Waals surface area contributed by atoms with Crippen molar-refractivity contribution in [3.8, 4) is 11.8 Å². The van der Waals surface area contributed by atoms with Crippen molar-refractivity contribution >= 4 is 11.6 Å². The van der Waals surface area contributed by atoms with Crippen LogP contribution in [0.25, 0.3) is 0 Å². The molecular formula is C18H16N2O. The fraction of sp³-hybridized carbons (Fsp3) is 0.111. The van der Waals surface area contributed by atoms with E-state index in [0.29, 0.717) is 0 Å². The Bertz CT molecular complexity index is 718. The Labute approximate surface area is 124 Å². The van der Waals surface area contributed by atoms with E-state index in [4.69, 9.17) is 0 Å². The molecule has 3 heteroatoms. The van der Waals surface area contributed by atoms with Crippen LogP contribution in [0.3, 0.4) is 0 Å². The van der Waals surface area contributed by atoms with Gasteiger partial charge in [0.1, 0.15) is 5.69 Å². The summed E-state index contributed by atoms with van der Waals surface area (Å²) >= 11 is 0. The SMILES string of the molecule is CC(C)=CC(=O)Nc1cccc(C#Cc2ccccn2)c1. The van der Waals surface area contributed by atoms with Crippen molar-refractivity contribution in [3.05, 3.63) is 71.6 Å². The number of anilines is 1. The van der Waals surface area contributed by atoms with E-state index in [2.05, 4.69) is 22.1 Å². The van der Waals surface area contributed by atoms with Crippen LogP contribution in [-0.4, -0.2) is 10.9 Å². The van der Waals surface area contributed by atoms with Gasteiger partial charge < -0.3 is 5.32 Å². The summed E-state index contributed by atoms with van der Waals surface area (Å²) in [6.45, 7) is 3.77. The van der Waals surface area contributed by atoms with Gasteiger partial charge in [-0.15, -0.1) is 0 Å². The Morgan fingerprint density at radius 3 is 2.71 bits per heavy atom. The summed E-state index contributed by atoms with van der Waals surface area (Å²) in [6, 6.07) is 13.0. The lowest BCUT2D eigenvalue weighted by molar-refractivity contribution is -0.111. The van der Waals surface area contributed by atoms with E-state index in [1.54, 1.807) is 12.3 Å². The molecule has 0 unspecified atom stereocenters. The third-order valence-corrected chi connectivity index (χ3v) is 2.55. The Balaban J connectivity index is 2.14. The number of allylic oxidation sites excluding steroid dienone is 1. The molecule has 1 N–H and O–H groups in total. The highest BCUT2D eigenvalue weighted by molar-refractivity contribution is 5.99. The van der Waals surface area contributed by atoms with Crippen molar-refractivity contribution in [3.63, 3.8) is 0 Å². The lowest BCUT2D eigenvalue weighted by Crippen LogP contribution is -2.08. The normalized spacial score (nSPS) is 9.24. The summed E-state index contributed by atoms with van der Waals surface area (Å²) in [5.74, 6) is 5.89. The number of amides is 1. The number of hydrogen-bond acceptors (Lipinski definition) is 2. The highest BCUT2D eigenvalue weighted by Gasteiger charge is 1.98. The number of benzene rings is 1. The predicted molar refractivity (Wildman–Crippen MR) is 84.7 cm³/mol. The maximum Gasteiger partial charge on any atom is 0.248 e. The number of nitrogens with zero attached hydrogens (tertiary/aromatic N) is 1. The molecule has 0 aliphatic heterocycles. The first-order chi connectivity index (χ1) is 10.1. The van der Waals surface area contributed by atoms with E-state index >= 15 is 0 Å². The minimum Gasteiger partial charge on any atom is -0.322 e. The second-order valence-electron chi connectivity index (χ2n) is 4.76. The maximum absolute atomic E-state index is 11.7. The van der Waals surface area contributed by atoms with Crippen LogP contribution in [0.2, 0.25) is 0 Å². The molecule has 0 spiro atoms. The molecule has 0 fully saturated rings. The number of carbonyl (C=O) groups excluding carboxylic acids is 1. The fourth-order valence-corrected chi connectivity index (χ4v) is 1.69. The first-order valence-electron chi connectivity index (χ1n) is 6.62. The molecule has 0 aliphatic rings. The Morgan fingerprint density at radius 1 is 1.14 bits per heavy atom. The topological polar surface area (TPSA) is 42.0 Å². The summed E-state index contributed by atoms with van der Waals surface area (Å²) in [7, 11) is 0. The van der Waals surface area contributed by atoms with E-state index in [9.17, 15) is 4.79 Å². The van der Waals surface area contributed by atoms with Gasteiger partial charge in [0.15, 0.2) is 0 Å². The van der Waals surface area contributed by atoms with Crippen LogP contribution < -0.4 is 5.32 Å². The molecule has 1 amide bonds. The van der Waals surface area contributed by atoms with Crippen LogP contribution in [0.5, 0.6) is 0 Å². The highest BCUT2D eigenvalue weighted by Crippen LogP contribution is 2.10. The van der Waals surface area contributed by atoms with Gasteiger partial charge in [0.25, 0.3) is 0 Å². The second kappa shape index (κ2) is 7.06. The van der Waals surface area contributed by atoms with E-state index in [-0.39, 0.29) is 5.91 Å². The van der Waals surface area contributed by atoms with Crippen molar-refractivity contribution < 1.29 is 4.79 Å². The summed E-state index contributed by atoms with van der Waals surface area (Å²) in [4.78, 5) is 15.8. The Hall–Kier alpha value is -2.86. The summed E-state index contributed by atoms with van der Waals surface area (Å²) < 4.78 is 0. The molecule has 0 bridgehead atoms. The van der Waals surface area contributed by atoms with Crippen molar-refractivity contribution in [2.24, 2.45) is 0 Å². The molecule has 1 aromatic carbocycles. The molecule has 1 heterocycles. The van der Waals surface area contributed by atoms with Crippen LogP contribution in [0.15, 0.2) is 60.3 Å². The number of nitrogens with one attached hydrogen (secondary N) is 1. The average Bonchev–Trinajstić information content (AvgIpc) is 2.46. The number of rotatable bonds is 2. The number of hydrogen-bond donors (Lipinski definition) is 1. The van der Waals surface area contributed by atoms with Gasteiger partial charge in [-0.05, 0) is 50.1 Å². The lowest BCUT2D eigenvalue weighted by atomic mass is 10.2. The average molecular weight is 276 g/mol. The predicted octanol–water partition coefficient (Wildman–Crippen LogP) is 3.39. The third-order valence-electron chi connectivity index (χ3n) is 2.55. The minimum absolute atomic E-state index is 0.134. The molecule has 2 rings (SSSR count). The number of pyridine rings is 1. The highest BCUT2D eigenvalue weighted by atomic mass is 16.1. The summed E-state index contributed by atoms with van der Waals surface area (Å²) in [5, 5.41) is 2.81. The quantitative estimate of drug-likeness (QED) is 0.675. The van der Waals surface area contributed by atoms with Gasteiger partial charge in [-0.3, -0.25) is 4.79 Å². The Morgan fingerprint density at radius 2 is 2.00 bits per heavy atom. The van der Waals surface area contributed by atoms with Crippen molar-refractivity contribution in [1.82, 2.24) is 4.98 Å². The van der Waals surface area contributed by atoms with Gasteiger partial charge in [0.2, 0.25) is 5.91 Å². The first-order valence-corrected chi connectivity index (χ1v) is 6.62. The third kappa shape index (κ3) is 4.96. The van der Waals surface area contributed by atoms with Crippen molar-refractivity contribution in [1.29, 1.82) is 0 Å². The van der Waals surface area contributed by atoms with E-state index in [1.165, 1.54) is 0 Å². The van der Waals surface area contributed by atoms with E-state index in [1.807, 2.05) is 56.3 Å². The first kappa shape index (κ1) is 14.5. The van der Waals surface area contributed by atoms with E-state index in [0.717, 1.165) is 22.5 Å². The van der Waals surface area contributed by atoms with Crippen LogP contribution >= 0.6 is 0 Å². The molecule has 104 valence electrons. The summed E-state index contributed by atoms with van der Waals surface area (Å²) in [6.07, 6.45) is 3.27. The fourth-order valence-electron chi connectivity index (χ4n) is 1.69. The smallest absolute Gasteiger partial charge is 0.248 e. The standard InChI is InChI=1S/C18H16N2O/c1-14(2)12-18(21)20-17-8-5-6-15(13-17)9-10-16-7-3-4-11-19-16/h3-8,11-13H,1-2H3,(H,20,21). The zero-order valence-corrected chi connectivity index (χ0v) is 12.1. The van der Waals surface area contributed by atoms with Crippen LogP contribution in [-0.2, 0) is 4.79 Å². The van der Waals surface area contributed by atoms with E-state index < -0.39 is 0 Å². The summed E-state index contributed by atoms with van der Waals surface area (Å²) in [5.41, 5.74) is 3.23. The van der Waals surface area contributed by atoms with Gasteiger partial charge in [0, 0.05) is 23.5 Å². The Kier molecular flexibility index (Phi) is 4.89. The van der Waals surface area contributed by atoms with Gasteiger partial charge in [-0.1, -0.05) is 23.6 Å². The monoisotopic (exact) mass is 276 g/mol. The molecule has 1 aromatic heterocycles. The number of carbonyl (C=O) groups is 1. The van der Waals surface area contributed by atoms with Crippen LogP contribution in [0, 0.1) is 11.8 Å². The molecule has 0 radical (unpaired) electrons. The minimum atomic E-state index is -0.134. The molecule has 0 saturated heterocycles. The van der Waals surface area contributed by atoms with Crippen molar-refractivity contribution in [2.75, 3.05) is 5.32 Å². The second-order valence-corrected chi connectivity index (χ2v) is 4.76.